The molecule has 0 radical (unpaired) electrons. The van der Waals surface area contributed by atoms with Gasteiger partial charge in [-0.3, -0.25) is 0 Å². The fourth-order valence-electron chi connectivity index (χ4n) is 4.14. The second-order valence-electron chi connectivity index (χ2n) is 6.13. The van der Waals surface area contributed by atoms with Crippen LogP contribution in [0.4, 0.5) is 0 Å². The van der Waals surface area contributed by atoms with Crippen molar-refractivity contribution in [1.29, 1.82) is 0 Å². The topological polar surface area (TPSA) is 6.48 Å². The molecule has 2 heteroatoms. The molecule has 3 saturated heterocycles. The molecule has 0 aliphatic carbocycles. The summed E-state index contributed by atoms with van der Waals surface area (Å²) >= 11 is 0. The van der Waals surface area contributed by atoms with Crippen LogP contribution in [0.5, 0.6) is 0 Å². The summed E-state index contributed by atoms with van der Waals surface area (Å²) < 4.78 is 0. The number of likely N-dealkylation sites (tertiary alicyclic amines) is 1. The number of nitrogens with zero attached hydrogens (tertiary/aromatic N) is 2. The van der Waals surface area contributed by atoms with Crippen molar-refractivity contribution < 1.29 is 0 Å². The summed E-state index contributed by atoms with van der Waals surface area (Å²) in [4.78, 5) is 5.49. The number of hydrogen-bond acceptors (Lipinski definition) is 2. The van der Waals surface area contributed by atoms with E-state index in [4.69, 9.17) is 0 Å². The van der Waals surface area contributed by atoms with Crippen LogP contribution in [0.1, 0.15) is 92.9 Å². The van der Waals surface area contributed by atoms with Crippen molar-refractivity contribution in [2.75, 3.05) is 20.1 Å². The van der Waals surface area contributed by atoms with E-state index >= 15 is 0 Å². The van der Waals surface area contributed by atoms with Gasteiger partial charge in [0.15, 0.2) is 0 Å². The molecule has 0 amide bonds. The molecule has 0 N–H and O–H groups in total. The van der Waals surface area contributed by atoms with E-state index in [9.17, 15) is 0 Å². The largest absolute Gasteiger partial charge is 0.300 e. The average Bonchev–Trinajstić information content (AvgIpc) is 2.86. The normalized spacial score (nSPS) is 31.5. The van der Waals surface area contributed by atoms with Crippen LogP contribution in [0.2, 0.25) is 0 Å². The molecule has 3 aliphatic rings. The molecular weight excluding hydrogens is 268 g/mol. The molecule has 2 nitrogen and oxygen atoms in total. The van der Waals surface area contributed by atoms with Gasteiger partial charge in [0.2, 0.25) is 0 Å². The van der Waals surface area contributed by atoms with E-state index in [-0.39, 0.29) is 0 Å². The smallest absolute Gasteiger partial charge is 0.0125 e. The summed E-state index contributed by atoms with van der Waals surface area (Å²) in [6, 6.07) is 2.74. The first-order valence-electron chi connectivity index (χ1n) is 10.3. The third kappa shape index (κ3) is 6.20. The highest BCUT2D eigenvalue weighted by atomic mass is 15.2. The molecule has 3 heterocycles. The van der Waals surface area contributed by atoms with Crippen molar-refractivity contribution in [2.24, 2.45) is 0 Å². The molecule has 3 fully saturated rings. The molecule has 3 rings (SSSR count). The Labute approximate surface area is 141 Å². The number of hydrogen-bond donors (Lipinski definition) is 0. The Morgan fingerprint density at radius 2 is 1.00 bits per heavy atom. The lowest BCUT2D eigenvalue weighted by Crippen LogP contribution is -2.49. The van der Waals surface area contributed by atoms with Crippen molar-refractivity contribution in [3.63, 3.8) is 0 Å². The molecule has 3 aliphatic heterocycles. The Balaban J connectivity index is 0.000000661. The van der Waals surface area contributed by atoms with Gasteiger partial charge in [0.05, 0.1) is 0 Å². The van der Waals surface area contributed by atoms with E-state index in [1.807, 2.05) is 41.5 Å². The van der Waals surface area contributed by atoms with E-state index in [0.29, 0.717) is 0 Å². The van der Waals surface area contributed by atoms with Gasteiger partial charge >= 0.3 is 0 Å². The SMILES string of the molecule is CC.CC.CC.CN1C2CCC1CC(N1CCCCCC1)C2. The summed E-state index contributed by atoms with van der Waals surface area (Å²) in [6.07, 6.45) is 11.7. The van der Waals surface area contributed by atoms with Crippen LogP contribution >= 0.6 is 0 Å². The van der Waals surface area contributed by atoms with E-state index in [2.05, 4.69) is 16.8 Å². The third-order valence-electron chi connectivity index (χ3n) is 5.23. The Kier molecular flexibility index (Phi) is 13.3. The molecule has 22 heavy (non-hydrogen) atoms. The van der Waals surface area contributed by atoms with Gasteiger partial charge in [-0.1, -0.05) is 54.4 Å². The monoisotopic (exact) mass is 312 g/mol. The first kappa shape index (κ1) is 21.9. The minimum atomic E-state index is 0.909. The number of rotatable bonds is 1. The van der Waals surface area contributed by atoms with Crippen molar-refractivity contribution in [1.82, 2.24) is 9.80 Å². The Morgan fingerprint density at radius 1 is 0.591 bits per heavy atom. The van der Waals surface area contributed by atoms with Crippen LogP contribution in [0, 0.1) is 0 Å². The van der Waals surface area contributed by atoms with Crippen LogP contribution in [0.25, 0.3) is 0 Å². The summed E-state index contributed by atoms with van der Waals surface area (Å²) in [5.41, 5.74) is 0. The highest BCUT2D eigenvalue weighted by Gasteiger charge is 2.40. The van der Waals surface area contributed by atoms with Gasteiger partial charge in [-0.25, -0.2) is 0 Å². The Hall–Kier alpha value is -0.0800. The lowest BCUT2D eigenvalue weighted by Gasteiger charge is -2.41. The highest BCUT2D eigenvalue weighted by molar-refractivity contribution is 4.96. The van der Waals surface area contributed by atoms with Gasteiger partial charge in [-0.15, -0.1) is 0 Å². The zero-order valence-corrected chi connectivity index (χ0v) is 16.7. The minimum Gasteiger partial charge on any atom is -0.300 e. The van der Waals surface area contributed by atoms with Gasteiger partial charge in [-0.05, 0) is 58.7 Å². The lowest BCUT2D eigenvalue weighted by atomic mass is 9.96. The molecule has 0 aromatic rings. The fraction of sp³-hybridized carbons (Fsp3) is 1.00. The Morgan fingerprint density at radius 3 is 1.41 bits per heavy atom. The van der Waals surface area contributed by atoms with Gasteiger partial charge in [-0.2, -0.15) is 0 Å². The predicted molar refractivity (Wildman–Crippen MR) is 102 cm³/mol. The zero-order valence-electron chi connectivity index (χ0n) is 16.7. The highest BCUT2D eigenvalue weighted by Crippen LogP contribution is 2.36. The second kappa shape index (κ2) is 13.4. The van der Waals surface area contributed by atoms with Crippen molar-refractivity contribution in [2.45, 2.75) is 111 Å². The van der Waals surface area contributed by atoms with Gasteiger partial charge in [0, 0.05) is 18.1 Å². The van der Waals surface area contributed by atoms with Crippen molar-refractivity contribution >= 4 is 0 Å². The molecule has 0 aromatic carbocycles. The summed E-state index contributed by atoms with van der Waals surface area (Å²) in [5.74, 6) is 0. The van der Waals surface area contributed by atoms with E-state index in [1.165, 1.54) is 64.5 Å². The molecule has 2 bridgehead atoms. The number of piperidine rings is 1. The second-order valence-corrected chi connectivity index (χ2v) is 6.13. The number of fused-ring (bicyclic) bond motifs is 2. The first-order chi connectivity index (χ1) is 10.8. The van der Waals surface area contributed by atoms with Crippen LogP contribution in [0.15, 0.2) is 0 Å². The van der Waals surface area contributed by atoms with E-state index in [0.717, 1.165) is 18.1 Å². The summed E-state index contributed by atoms with van der Waals surface area (Å²) in [6.45, 7) is 14.8. The maximum Gasteiger partial charge on any atom is 0.0125 e. The minimum absolute atomic E-state index is 0.909. The van der Waals surface area contributed by atoms with Crippen LogP contribution in [-0.4, -0.2) is 48.1 Å². The third-order valence-corrected chi connectivity index (χ3v) is 5.23. The van der Waals surface area contributed by atoms with Crippen molar-refractivity contribution in [3.05, 3.63) is 0 Å². The summed E-state index contributed by atoms with van der Waals surface area (Å²) in [7, 11) is 2.35. The predicted octanol–water partition coefficient (Wildman–Crippen LogP) is 5.57. The molecule has 0 saturated carbocycles. The van der Waals surface area contributed by atoms with Crippen molar-refractivity contribution in [3.8, 4) is 0 Å². The molecule has 2 unspecified atom stereocenters. The molecule has 2 atom stereocenters. The van der Waals surface area contributed by atoms with Crippen LogP contribution in [-0.2, 0) is 0 Å². The van der Waals surface area contributed by atoms with Crippen LogP contribution < -0.4 is 0 Å². The summed E-state index contributed by atoms with van der Waals surface area (Å²) in [5, 5.41) is 0. The maximum atomic E-state index is 2.82. The standard InChI is InChI=1S/C14H26N2.3C2H6/c1-15-12-6-7-13(15)11-14(10-12)16-8-4-2-3-5-9-16;3*1-2/h12-14H,2-11H2,1H3;3*1-2H3. The zero-order chi connectivity index (χ0) is 17.0. The van der Waals surface area contributed by atoms with E-state index < -0.39 is 0 Å². The van der Waals surface area contributed by atoms with Gasteiger partial charge in [0.1, 0.15) is 0 Å². The van der Waals surface area contributed by atoms with Gasteiger partial charge < -0.3 is 9.80 Å². The molecular formula is C20H44N2. The van der Waals surface area contributed by atoms with E-state index in [1.54, 1.807) is 0 Å². The maximum absolute atomic E-state index is 2.82. The lowest BCUT2D eigenvalue weighted by molar-refractivity contribution is 0.0775. The fourth-order valence-corrected chi connectivity index (χ4v) is 4.14. The average molecular weight is 313 g/mol. The Bertz CT molecular complexity index is 220. The molecule has 0 spiro atoms. The first-order valence-corrected chi connectivity index (χ1v) is 10.3. The van der Waals surface area contributed by atoms with Crippen LogP contribution in [0.3, 0.4) is 0 Å². The van der Waals surface area contributed by atoms with Gasteiger partial charge in [0.25, 0.3) is 0 Å². The molecule has 0 aromatic heterocycles. The quantitative estimate of drug-likeness (QED) is 0.625. The molecule has 134 valence electrons.